The summed E-state index contributed by atoms with van der Waals surface area (Å²) in [6, 6.07) is 17.3. The zero-order valence-electron chi connectivity index (χ0n) is 18.9. The highest BCUT2D eigenvalue weighted by molar-refractivity contribution is 5.89. The summed E-state index contributed by atoms with van der Waals surface area (Å²) in [6.45, 7) is 4.87. The van der Waals surface area contributed by atoms with Crippen LogP contribution >= 0.6 is 0 Å². The lowest BCUT2D eigenvalue weighted by Gasteiger charge is -2.43. The number of amides is 2. The number of nitrogens with one attached hydrogen (secondary N) is 2. The van der Waals surface area contributed by atoms with E-state index >= 15 is 0 Å². The molecule has 0 spiro atoms. The van der Waals surface area contributed by atoms with Gasteiger partial charge in [0.25, 0.3) is 5.91 Å². The number of nitrogens with zero attached hydrogens (tertiary/aromatic N) is 2. The van der Waals surface area contributed by atoms with Crippen LogP contribution in [0.15, 0.2) is 73.5 Å². The monoisotopic (exact) mass is 459 g/mol. The summed E-state index contributed by atoms with van der Waals surface area (Å²) in [5.74, 6) is 1.19. The van der Waals surface area contributed by atoms with E-state index in [4.69, 9.17) is 10.5 Å². The molecule has 3 aliphatic rings. The Kier molecular flexibility index (Phi) is 6.08. The molecule has 34 heavy (non-hydrogen) atoms. The van der Waals surface area contributed by atoms with E-state index in [2.05, 4.69) is 28.5 Å². The summed E-state index contributed by atoms with van der Waals surface area (Å²) in [5, 5.41) is 0. The first-order chi connectivity index (χ1) is 16.5. The second-order valence-corrected chi connectivity index (χ2v) is 8.86. The molecule has 8 nitrogen and oxygen atoms in total. The normalized spacial score (nSPS) is 24.8. The van der Waals surface area contributed by atoms with Crippen molar-refractivity contribution in [2.24, 2.45) is 11.7 Å². The van der Waals surface area contributed by atoms with Gasteiger partial charge in [-0.15, -0.1) is 0 Å². The maximum absolute atomic E-state index is 12.9. The van der Waals surface area contributed by atoms with Gasteiger partial charge in [0.15, 0.2) is 0 Å². The standard InChI is InChI=1S/C26H29N5O3/c1-2-22(32)30-14-12-18(13-15-30)31-16-21(23-24(31)26(33)29-28-25(23)27)17-8-10-20(11-9-17)34-19-6-4-3-5-7-19/h2-11,16,18,23-25,28H,1,12-15,27H2,(H,29,33). The van der Waals surface area contributed by atoms with Crippen LogP contribution in [0, 0.1) is 5.92 Å². The van der Waals surface area contributed by atoms with Gasteiger partial charge in [-0.3, -0.25) is 15.0 Å². The summed E-state index contributed by atoms with van der Waals surface area (Å²) in [5.41, 5.74) is 14.1. The van der Waals surface area contributed by atoms with E-state index in [0.29, 0.717) is 13.1 Å². The smallest absolute Gasteiger partial charge is 0.257 e. The molecule has 4 N–H and O–H groups in total. The number of fused-ring (bicyclic) bond motifs is 1. The van der Waals surface area contributed by atoms with Crippen molar-refractivity contribution < 1.29 is 14.3 Å². The van der Waals surface area contributed by atoms with Crippen molar-refractivity contribution in [2.75, 3.05) is 13.1 Å². The molecule has 0 saturated carbocycles. The minimum atomic E-state index is -0.415. The van der Waals surface area contributed by atoms with Crippen molar-refractivity contribution in [3.8, 4) is 11.5 Å². The minimum Gasteiger partial charge on any atom is -0.457 e. The lowest BCUT2D eigenvalue weighted by molar-refractivity contribution is -0.133. The van der Waals surface area contributed by atoms with Crippen LogP contribution in [0.1, 0.15) is 18.4 Å². The van der Waals surface area contributed by atoms with Crippen LogP contribution in [-0.4, -0.2) is 53.0 Å². The van der Waals surface area contributed by atoms with E-state index in [-0.39, 0.29) is 23.8 Å². The maximum atomic E-state index is 12.9. The molecule has 0 aliphatic carbocycles. The van der Waals surface area contributed by atoms with Crippen LogP contribution in [0.25, 0.3) is 5.57 Å². The lowest BCUT2D eigenvalue weighted by Crippen LogP contribution is -2.67. The highest BCUT2D eigenvalue weighted by Gasteiger charge is 2.48. The second-order valence-electron chi connectivity index (χ2n) is 8.86. The summed E-state index contributed by atoms with van der Waals surface area (Å²) >= 11 is 0. The van der Waals surface area contributed by atoms with Gasteiger partial charge in [-0.2, -0.15) is 0 Å². The fourth-order valence-electron chi connectivity index (χ4n) is 5.14. The van der Waals surface area contributed by atoms with E-state index in [1.54, 1.807) is 4.90 Å². The van der Waals surface area contributed by atoms with Gasteiger partial charge < -0.3 is 20.3 Å². The topological polar surface area (TPSA) is 99.9 Å². The first-order valence-electron chi connectivity index (χ1n) is 11.6. The van der Waals surface area contributed by atoms with Gasteiger partial charge in [-0.1, -0.05) is 36.9 Å². The number of hydrogen-bond donors (Lipinski definition) is 3. The van der Waals surface area contributed by atoms with Crippen molar-refractivity contribution in [3.63, 3.8) is 0 Å². The molecule has 3 heterocycles. The summed E-state index contributed by atoms with van der Waals surface area (Å²) in [4.78, 5) is 28.9. The van der Waals surface area contributed by atoms with Gasteiger partial charge in [0.05, 0.1) is 6.17 Å². The van der Waals surface area contributed by atoms with Crippen LogP contribution < -0.4 is 21.3 Å². The highest BCUT2D eigenvalue weighted by atomic mass is 16.5. The van der Waals surface area contributed by atoms with Crippen LogP contribution in [0.3, 0.4) is 0 Å². The number of benzene rings is 2. The molecule has 0 radical (unpaired) electrons. The highest BCUT2D eigenvalue weighted by Crippen LogP contribution is 2.41. The molecule has 2 saturated heterocycles. The maximum Gasteiger partial charge on any atom is 0.257 e. The second kappa shape index (κ2) is 9.32. The Bertz CT molecular complexity index is 1090. The van der Waals surface area contributed by atoms with Crippen LogP contribution in [0.4, 0.5) is 0 Å². The number of likely N-dealkylation sites (tertiary alicyclic amines) is 1. The number of piperidine rings is 1. The van der Waals surface area contributed by atoms with Gasteiger partial charge in [0.1, 0.15) is 17.5 Å². The molecule has 0 bridgehead atoms. The number of rotatable bonds is 5. The van der Waals surface area contributed by atoms with E-state index in [0.717, 1.165) is 35.5 Å². The van der Waals surface area contributed by atoms with Crippen LogP contribution in [0.5, 0.6) is 11.5 Å². The number of nitrogens with two attached hydrogens (primary N) is 1. The van der Waals surface area contributed by atoms with Gasteiger partial charge >= 0.3 is 0 Å². The fourth-order valence-corrected chi connectivity index (χ4v) is 5.14. The molecule has 5 rings (SSSR count). The predicted molar refractivity (Wildman–Crippen MR) is 129 cm³/mol. The molecular weight excluding hydrogens is 430 g/mol. The summed E-state index contributed by atoms with van der Waals surface area (Å²) < 4.78 is 5.93. The van der Waals surface area contributed by atoms with Gasteiger partial charge in [-0.05, 0) is 54.3 Å². The average Bonchev–Trinajstić information content (AvgIpc) is 3.29. The van der Waals surface area contributed by atoms with Crippen molar-refractivity contribution in [1.29, 1.82) is 0 Å². The SMILES string of the molecule is C=CC(=O)N1CCC(N2C=C(c3ccc(Oc4ccccc4)cc3)C3C(N)NNC(=O)C32)CC1. The molecular formula is C26H29N5O3. The van der Waals surface area contributed by atoms with Crippen molar-refractivity contribution in [2.45, 2.75) is 31.1 Å². The third-order valence-electron chi connectivity index (χ3n) is 6.87. The number of hydrazine groups is 1. The Hall–Kier alpha value is -3.62. The zero-order chi connectivity index (χ0) is 23.7. The zero-order valence-corrected chi connectivity index (χ0v) is 18.9. The van der Waals surface area contributed by atoms with E-state index in [1.807, 2.05) is 54.6 Å². The molecule has 2 aromatic carbocycles. The van der Waals surface area contributed by atoms with E-state index in [9.17, 15) is 9.59 Å². The number of para-hydroxylation sites is 1. The van der Waals surface area contributed by atoms with Gasteiger partial charge in [-0.25, -0.2) is 5.43 Å². The van der Waals surface area contributed by atoms with E-state index in [1.165, 1.54) is 6.08 Å². The first kappa shape index (κ1) is 22.2. The summed E-state index contributed by atoms with van der Waals surface area (Å²) in [7, 11) is 0. The van der Waals surface area contributed by atoms with Crippen LogP contribution in [-0.2, 0) is 9.59 Å². The van der Waals surface area contributed by atoms with E-state index < -0.39 is 12.2 Å². The van der Waals surface area contributed by atoms with Crippen LogP contribution in [0.2, 0.25) is 0 Å². The van der Waals surface area contributed by atoms with Crippen molar-refractivity contribution in [1.82, 2.24) is 20.7 Å². The Labute approximate surface area is 199 Å². The molecule has 8 heteroatoms. The molecule has 3 unspecified atom stereocenters. The average molecular weight is 460 g/mol. The molecule has 0 aromatic heterocycles. The third-order valence-corrected chi connectivity index (χ3v) is 6.87. The molecule has 2 aromatic rings. The quantitative estimate of drug-likeness (QED) is 0.593. The van der Waals surface area contributed by atoms with Gasteiger partial charge in [0, 0.05) is 31.2 Å². The molecule has 176 valence electrons. The van der Waals surface area contributed by atoms with Crippen molar-refractivity contribution in [3.05, 3.63) is 79.0 Å². The lowest BCUT2D eigenvalue weighted by atomic mass is 9.85. The first-order valence-corrected chi connectivity index (χ1v) is 11.6. The Morgan fingerprint density at radius 2 is 1.74 bits per heavy atom. The Morgan fingerprint density at radius 1 is 1.06 bits per heavy atom. The number of carbonyl (C=O) groups is 2. The predicted octanol–water partition coefficient (Wildman–Crippen LogP) is 2.22. The Morgan fingerprint density at radius 3 is 2.41 bits per heavy atom. The minimum absolute atomic E-state index is 0.0478. The molecule has 2 amide bonds. The van der Waals surface area contributed by atoms with Gasteiger partial charge in [0.2, 0.25) is 5.91 Å². The number of carbonyl (C=O) groups excluding carboxylic acids is 2. The molecule has 3 aliphatic heterocycles. The largest absolute Gasteiger partial charge is 0.457 e. The third kappa shape index (κ3) is 4.18. The van der Waals surface area contributed by atoms with Crippen molar-refractivity contribution >= 4 is 17.4 Å². The number of hydrogen-bond acceptors (Lipinski definition) is 6. The number of ether oxygens (including phenoxy) is 1. The molecule has 2 fully saturated rings. The fraction of sp³-hybridized carbons (Fsp3) is 0.308. The molecule has 3 atom stereocenters. The summed E-state index contributed by atoms with van der Waals surface area (Å²) in [6.07, 6.45) is 4.60. The Balaban J connectivity index is 1.39.